The third-order valence-electron chi connectivity index (χ3n) is 5.53. The standard InChI is InChI=1S/C24H26N4O4S/c1-15-10-11-20-19(14-15)24(28(18(4)30)26-23(33-24)25-17(3)29)22(31)27(20)12-7-13-32-21-9-6-5-8-16(21)2/h5-6,8-11,14H,7,12-13H2,1-4H3,(H,25,26,29)/t24-/m0/s1. The molecule has 0 fully saturated rings. The Morgan fingerprint density at radius 3 is 2.61 bits per heavy atom. The van der Waals surface area contributed by atoms with Gasteiger partial charge in [0.1, 0.15) is 5.75 Å². The number of ether oxygens (including phenoxy) is 1. The highest BCUT2D eigenvalue weighted by molar-refractivity contribution is 8.15. The number of nitrogens with one attached hydrogen (secondary N) is 1. The summed E-state index contributed by atoms with van der Waals surface area (Å²) in [5.74, 6) is -0.140. The summed E-state index contributed by atoms with van der Waals surface area (Å²) in [7, 11) is 0. The van der Waals surface area contributed by atoms with Crippen LogP contribution >= 0.6 is 11.8 Å². The molecule has 172 valence electrons. The van der Waals surface area contributed by atoms with Crippen LogP contribution in [0.4, 0.5) is 5.69 Å². The molecule has 2 aromatic rings. The van der Waals surface area contributed by atoms with Crippen LogP contribution in [0.5, 0.6) is 5.75 Å². The second-order valence-electron chi connectivity index (χ2n) is 8.11. The fourth-order valence-electron chi connectivity index (χ4n) is 4.07. The Kier molecular flexibility index (Phi) is 6.16. The van der Waals surface area contributed by atoms with Gasteiger partial charge in [-0.15, -0.1) is 5.10 Å². The number of thioether (sulfide) groups is 1. The number of hydrazone groups is 1. The van der Waals surface area contributed by atoms with Crippen LogP contribution in [-0.4, -0.2) is 41.0 Å². The molecule has 0 saturated heterocycles. The van der Waals surface area contributed by atoms with Gasteiger partial charge in [-0.3, -0.25) is 14.4 Å². The molecule has 2 aliphatic heterocycles. The van der Waals surface area contributed by atoms with E-state index in [0.717, 1.165) is 34.3 Å². The molecule has 8 nitrogen and oxygen atoms in total. The quantitative estimate of drug-likeness (QED) is 0.683. The number of nitrogens with zero attached hydrogens (tertiary/aromatic N) is 3. The van der Waals surface area contributed by atoms with E-state index >= 15 is 0 Å². The first-order valence-corrected chi connectivity index (χ1v) is 11.5. The van der Waals surface area contributed by atoms with Crippen molar-refractivity contribution in [3.05, 3.63) is 59.2 Å². The monoisotopic (exact) mass is 466 g/mol. The molecule has 1 spiro atoms. The second-order valence-corrected chi connectivity index (χ2v) is 9.29. The van der Waals surface area contributed by atoms with Crippen LogP contribution in [0.2, 0.25) is 0 Å². The summed E-state index contributed by atoms with van der Waals surface area (Å²) in [6.45, 7) is 7.52. The molecule has 1 N–H and O–H groups in total. The number of anilines is 1. The van der Waals surface area contributed by atoms with E-state index in [1.165, 1.54) is 18.9 Å². The maximum Gasteiger partial charge on any atom is 0.270 e. The van der Waals surface area contributed by atoms with E-state index in [0.29, 0.717) is 25.1 Å². The van der Waals surface area contributed by atoms with Crippen LogP contribution in [0.1, 0.15) is 37.0 Å². The van der Waals surface area contributed by atoms with Crippen LogP contribution in [0.25, 0.3) is 0 Å². The minimum atomic E-state index is -1.37. The Morgan fingerprint density at radius 1 is 1.15 bits per heavy atom. The van der Waals surface area contributed by atoms with Gasteiger partial charge in [-0.05, 0) is 49.7 Å². The summed E-state index contributed by atoms with van der Waals surface area (Å²) in [4.78, 5) is 38.3. The van der Waals surface area contributed by atoms with Crippen molar-refractivity contribution in [2.24, 2.45) is 5.10 Å². The number of para-hydroxylation sites is 1. The predicted molar refractivity (Wildman–Crippen MR) is 128 cm³/mol. The van der Waals surface area contributed by atoms with Crippen molar-refractivity contribution < 1.29 is 19.1 Å². The van der Waals surface area contributed by atoms with Gasteiger partial charge >= 0.3 is 0 Å². The molecular weight excluding hydrogens is 440 g/mol. The van der Waals surface area contributed by atoms with E-state index < -0.39 is 4.87 Å². The average molecular weight is 467 g/mol. The van der Waals surface area contributed by atoms with E-state index in [2.05, 4.69) is 10.4 Å². The van der Waals surface area contributed by atoms with Crippen LogP contribution in [0, 0.1) is 13.8 Å². The predicted octanol–water partition coefficient (Wildman–Crippen LogP) is 3.27. The third kappa shape index (κ3) is 4.08. The van der Waals surface area contributed by atoms with Crippen molar-refractivity contribution in [1.29, 1.82) is 0 Å². The van der Waals surface area contributed by atoms with Gasteiger partial charge in [0.2, 0.25) is 16.7 Å². The number of hydrogen-bond acceptors (Lipinski definition) is 6. The van der Waals surface area contributed by atoms with E-state index in [1.807, 2.05) is 56.3 Å². The number of fused-ring (bicyclic) bond motifs is 2. The Bertz CT molecular complexity index is 1160. The number of benzene rings is 2. The molecule has 0 unspecified atom stereocenters. The van der Waals surface area contributed by atoms with E-state index in [1.54, 1.807) is 4.90 Å². The first-order valence-electron chi connectivity index (χ1n) is 10.7. The summed E-state index contributed by atoms with van der Waals surface area (Å²) >= 11 is 1.09. The molecule has 0 bridgehead atoms. The lowest BCUT2D eigenvalue weighted by Gasteiger charge is -2.29. The highest BCUT2D eigenvalue weighted by Gasteiger charge is 2.61. The lowest BCUT2D eigenvalue weighted by atomic mass is 10.0. The van der Waals surface area contributed by atoms with Crippen LogP contribution in [0.3, 0.4) is 0 Å². The molecule has 0 radical (unpaired) electrons. The molecule has 0 aromatic heterocycles. The molecule has 4 rings (SSSR count). The highest BCUT2D eigenvalue weighted by Crippen LogP contribution is 2.54. The topological polar surface area (TPSA) is 91.3 Å². The lowest BCUT2D eigenvalue weighted by molar-refractivity contribution is -0.139. The summed E-state index contributed by atoms with van der Waals surface area (Å²) < 4.78 is 5.90. The number of amidine groups is 1. The average Bonchev–Trinajstić information content (AvgIpc) is 3.24. The van der Waals surface area contributed by atoms with Crippen molar-refractivity contribution in [2.75, 3.05) is 18.1 Å². The Morgan fingerprint density at radius 2 is 1.91 bits per heavy atom. The Labute approximate surface area is 197 Å². The number of carbonyl (C=O) groups is 3. The number of amides is 3. The summed E-state index contributed by atoms with van der Waals surface area (Å²) in [6, 6.07) is 13.5. The number of aryl methyl sites for hydroxylation is 2. The lowest BCUT2D eigenvalue weighted by Crippen LogP contribution is -2.48. The fraction of sp³-hybridized carbons (Fsp3) is 0.333. The second kappa shape index (κ2) is 8.90. The van der Waals surface area contributed by atoms with Crippen molar-refractivity contribution >= 4 is 40.3 Å². The fourth-order valence-corrected chi connectivity index (χ4v) is 5.39. The van der Waals surface area contributed by atoms with Crippen molar-refractivity contribution in [2.45, 2.75) is 39.0 Å². The molecule has 33 heavy (non-hydrogen) atoms. The van der Waals surface area contributed by atoms with Gasteiger partial charge in [-0.2, -0.15) is 5.01 Å². The summed E-state index contributed by atoms with van der Waals surface area (Å²) in [5, 5.41) is 8.32. The van der Waals surface area contributed by atoms with Crippen molar-refractivity contribution in [3.8, 4) is 5.75 Å². The summed E-state index contributed by atoms with van der Waals surface area (Å²) in [6.07, 6.45) is 0.605. The molecule has 3 amide bonds. The first kappa shape index (κ1) is 22.8. The SMILES string of the molecule is CC(=O)NC1=NN(C(C)=O)[C@@]2(S1)C(=O)N(CCCOc1ccccc1C)c1ccc(C)cc12. The van der Waals surface area contributed by atoms with Gasteiger partial charge in [0.05, 0.1) is 12.3 Å². The van der Waals surface area contributed by atoms with Gasteiger partial charge in [0.15, 0.2) is 5.17 Å². The maximum atomic E-state index is 13.8. The molecule has 2 heterocycles. The van der Waals surface area contributed by atoms with Crippen LogP contribution in [0.15, 0.2) is 47.6 Å². The molecule has 2 aliphatic rings. The zero-order chi connectivity index (χ0) is 23.8. The molecule has 2 aromatic carbocycles. The van der Waals surface area contributed by atoms with E-state index in [9.17, 15) is 14.4 Å². The number of carbonyl (C=O) groups excluding carboxylic acids is 3. The number of rotatable bonds is 5. The minimum absolute atomic E-state index is 0.225. The van der Waals surface area contributed by atoms with Crippen LogP contribution < -0.4 is 15.0 Å². The third-order valence-corrected chi connectivity index (χ3v) is 6.77. The van der Waals surface area contributed by atoms with E-state index in [-0.39, 0.29) is 22.9 Å². The van der Waals surface area contributed by atoms with Crippen molar-refractivity contribution in [3.63, 3.8) is 0 Å². The van der Waals surface area contributed by atoms with Gasteiger partial charge < -0.3 is 15.0 Å². The van der Waals surface area contributed by atoms with Crippen molar-refractivity contribution in [1.82, 2.24) is 10.3 Å². The van der Waals surface area contributed by atoms with E-state index in [4.69, 9.17) is 4.74 Å². The minimum Gasteiger partial charge on any atom is -0.493 e. The van der Waals surface area contributed by atoms with Gasteiger partial charge in [0, 0.05) is 26.0 Å². The number of hydrogen-bond donors (Lipinski definition) is 1. The zero-order valence-corrected chi connectivity index (χ0v) is 19.9. The van der Waals surface area contributed by atoms with Crippen LogP contribution in [-0.2, 0) is 19.3 Å². The van der Waals surface area contributed by atoms with Gasteiger partial charge in [-0.1, -0.05) is 35.9 Å². The van der Waals surface area contributed by atoms with Gasteiger partial charge in [-0.25, -0.2) is 0 Å². The molecule has 0 aliphatic carbocycles. The molecule has 1 atom stereocenters. The molecule has 9 heteroatoms. The Hall–Kier alpha value is -3.33. The first-order chi connectivity index (χ1) is 15.7. The summed E-state index contributed by atoms with van der Waals surface area (Å²) in [5.41, 5.74) is 3.44. The smallest absolute Gasteiger partial charge is 0.270 e. The molecule has 0 saturated carbocycles. The normalized spacial score (nSPS) is 19.0. The zero-order valence-electron chi connectivity index (χ0n) is 19.0. The maximum absolute atomic E-state index is 13.8. The largest absolute Gasteiger partial charge is 0.493 e. The van der Waals surface area contributed by atoms with Gasteiger partial charge in [0.25, 0.3) is 5.91 Å². The molecular formula is C24H26N4O4S. The Balaban J connectivity index is 1.60. The highest BCUT2D eigenvalue weighted by atomic mass is 32.2.